The number of carbonyl (C=O) groups is 1. The molecule has 6 nitrogen and oxygen atoms in total. The number of hydrogen-bond donors (Lipinski definition) is 1. The lowest BCUT2D eigenvalue weighted by atomic mass is 10.0. The van der Waals surface area contributed by atoms with Crippen LogP contribution < -0.4 is 5.32 Å². The van der Waals surface area contributed by atoms with E-state index in [1.165, 1.54) is 0 Å². The van der Waals surface area contributed by atoms with E-state index in [4.69, 9.17) is 4.42 Å². The number of carbonyl (C=O) groups excluding carboxylic acids is 1. The van der Waals surface area contributed by atoms with Gasteiger partial charge in [0.05, 0.1) is 17.5 Å². The van der Waals surface area contributed by atoms with Crippen molar-refractivity contribution in [2.75, 3.05) is 6.26 Å². The molecule has 0 aliphatic carbocycles. The van der Waals surface area contributed by atoms with E-state index < -0.39 is 21.8 Å². The van der Waals surface area contributed by atoms with Crippen LogP contribution in [0.3, 0.4) is 0 Å². The van der Waals surface area contributed by atoms with Gasteiger partial charge in [-0.3, -0.25) is 9.78 Å². The van der Waals surface area contributed by atoms with Gasteiger partial charge in [0.1, 0.15) is 5.58 Å². The van der Waals surface area contributed by atoms with Crippen LogP contribution in [0.5, 0.6) is 0 Å². The van der Waals surface area contributed by atoms with E-state index in [1.807, 2.05) is 42.5 Å². The Morgan fingerprint density at radius 2 is 1.70 bits per heavy atom. The van der Waals surface area contributed by atoms with Crippen molar-refractivity contribution >= 4 is 26.7 Å². The Balaban J connectivity index is 1.76. The molecule has 0 fully saturated rings. The highest BCUT2D eigenvalue weighted by Gasteiger charge is 2.26. The first kappa shape index (κ1) is 19.8. The molecule has 1 N–H and O–H groups in total. The normalized spacial score (nSPS) is 12.6. The molecule has 4 rings (SSSR count). The third-order valence-corrected chi connectivity index (χ3v) is 5.52. The second-order valence-electron chi connectivity index (χ2n) is 7.05. The van der Waals surface area contributed by atoms with Crippen LogP contribution in [-0.2, 0) is 15.6 Å². The smallest absolute Gasteiger partial charge is 0.288 e. The van der Waals surface area contributed by atoms with Crippen LogP contribution in [0.4, 0.5) is 0 Å². The molecule has 2 heterocycles. The number of furan rings is 1. The maximum atomic E-state index is 13.3. The fourth-order valence-corrected chi connectivity index (χ4v) is 4.22. The molecule has 0 aliphatic heterocycles. The van der Waals surface area contributed by atoms with Gasteiger partial charge in [0, 0.05) is 23.4 Å². The van der Waals surface area contributed by atoms with Crippen LogP contribution in [-0.4, -0.2) is 25.6 Å². The maximum Gasteiger partial charge on any atom is 0.288 e. The van der Waals surface area contributed by atoms with Crippen molar-refractivity contribution in [2.45, 2.75) is 11.8 Å². The Bertz CT molecular complexity index is 1240. The monoisotopic (exact) mass is 420 g/mol. The lowest BCUT2D eigenvalue weighted by Gasteiger charge is -2.18. The number of nitrogens with one attached hydrogen (secondary N) is 1. The number of para-hydroxylation sites is 1. The molecule has 1 atom stereocenters. The van der Waals surface area contributed by atoms with Gasteiger partial charge in [-0.1, -0.05) is 54.6 Å². The molecule has 0 spiro atoms. The van der Waals surface area contributed by atoms with Crippen molar-refractivity contribution in [3.8, 4) is 0 Å². The average molecular weight is 420 g/mol. The summed E-state index contributed by atoms with van der Waals surface area (Å²) in [6.45, 7) is 0. The minimum Gasteiger partial charge on any atom is -0.451 e. The number of hydrogen-bond acceptors (Lipinski definition) is 5. The van der Waals surface area contributed by atoms with E-state index >= 15 is 0 Å². The second kappa shape index (κ2) is 8.12. The Morgan fingerprint density at radius 1 is 1.00 bits per heavy atom. The SMILES string of the molecule is CS(=O)(=O)Cc1c(C(=O)NC(c2ccccc2)c2ccccn2)oc2ccccc12. The summed E-state index contributed by atoms with van der Waals surface area (Å²) in [4.78, 5) is 17.6. The summed E-state index contributed by atoms with van der Waals surface area (Å²) in [5.74, 6) is -0.783. The first-order valence-corrected chi connectivity index (χ1v) is 11.4. The van der Waals surface area contributed by atoms with Crippen molar-refractivity contribution in [1.82, 2.24) is 10.3 Å². The van der Waals surface area contributed by atoms with E-state index in [1.54, 1.807) is 36.5 Å². The number of aromatic nitrogens is 1. The zero-order chi connectivity index (χ0) is 21.1. The summed E-state index contributed by atoms with van der Waals surface area (Å²) < 4.78 is 29.8. The van der Waals surface area contributed by atoms with E-state index in [0.717, 1.165) is 11.8 Å². The Kier molecular flexibility index (Phi) is 5.37. The van der Waals surface area contributed by atoms with Crippen molar-refractivity contribution in [3.05, 3.63) is 102 Å². The molecule has 0 radical (unpaired) electrons. The predicted molar refractivity (Wildman–Crippen MR) is 115 cm³/mol. The molecule has 1 amide bonds. The van der Waals surface area contributed by atoms with E-state index in [-0.39, 0.29) is 11.5 Å². The van der Waals surface area contributed by atoms with E-state index in [2.05, 4.69) is 10.3 Å². The third kappa shape index (κ3) is 4.26. The molecule has 2 aromatic carbocycles. The van der Waals surface area contributed by atoms with Gasteiger partial charge in [-0.2, -0.15) is 0 Å². The summed E-state index contributed by atoms with van der Waals surface area (Å²) in [5, 5.41) is 3.58. The predicted octanol–water partition coefficient (Wildman–Crippen LogP) is 3.89. The first-order valence-electron chi connectivity index (χ1n) is 9.37. The quantitative estimate of drug-likeness (QED) is 0.511. The number of rotatable bonds is 6. The molecular weight excluding hydrogens is 400 g/mol. The van der Waals surface area contributed by atoms with Gasteiger partial charge in [-0.05, 0) is 23.8 Å². The highest BCUT2D eigenvalue weighted by Crippen LogP contribution is 2.29. The van der Waals surface area contributed by atoms with E-state index in [9.17, 15) is 13.2 Å². The fourth-order valence-electron chi connectivity index (χ4n) is 3.40. The van der Waals surface area contributed by atoms with Crippen molar-refractivity contribution in [3.63, 3.8) is 0 Å². The summed E-state index contributed by atoms with van der Waals surface area (Å²) in [6, 6.07) is 21.4. The molecule has 0 saturated heterocycles. The van der Waals surface area contributed by atoms with Crippen LogP contribution in [0, 0.1) is 0 Å². The van der Waals surface area contributed by atoms with Crippen LogP contribution >= 0.6 is 0 Å². The van der Waals surface area contributed by atoms with Gasteiger partial charge < -0.3 is 9.73 Å². The molecule has 1 unspecified atom stereocenters. The van der Waals surface area contributed by atoms with Gasteiger partial charge in [-0.15, -0.1) is 0 Å². The zero-order valence-electron chi connectivity index (χ0n) is 16.3. The molecule has 2 aromatic heterocycles. The zero-order valence-corrected chi connectivity index (χ0v) is 17.1. The minimum atomic E-state index is -3.38. The molecular formula is C23H20N2O4S. The Hall–Kier alpha value is -3.45. The molecule has 0 aliphatic rings. The Morgan fingerprint density at radius 3 is 2.40 bits per heavy atom. The summed E-state index contributed by atoms with van der Waals surface area (Å²) in [6.07, 6.45) is 2.80. The van der Waals surface area contributed by atoms with Gasteiger partial charge in [0.15, 0.2) is 15.6 Å². The highest BCUT2D eigenvalue weighted by molar-refractivity contribution is 7.89. The van der Waals surface area contributed by atoms with Gasteiger partial charge in [0.2, 0.25) is 0 Å². The second-order valence-corrected chi connectivity index (χ2v) is 9.19. The number of sulfone groups is 1. The largest absolute Gasteiger partial charge is 0.451 e. The molecule has 0 saturated carbocycles. The van der Waals surface area contributed by atoms with Crippen LogP contribution in [0.2, 0.25) is 0 Å². The lowest BCUT2D eigenvalue weighted by molar-refractivity contribution is 0.0915. The first-order chi connectivity index (χ1) is 14.4. The van der Waals surface area contributed by atoms with Gasteiger partial charge in [-0.25, -0.2) is 8.42 Å². The van der Waals surface area contributed by atoms with Gasteiger partial charge in [0.25, 0.3) is 5.91 Å². The number of benzene rings is 2. The number of amides is 1. The standard InChI is InChI=1S/C23H20N2O4S/c1-30(27,28)15-18-17-11-5-6-13-20(17)29-22(18)23(26)25-21(16-9-3-2-4-10-16)19-12-7-8-14-24-19/h2-14,21H,15H2,1H3,(H,25,26). The summed E-state index contributed by atoms with van der Waals surface area (Å²) >= 11 is 0. The van der Waals surface area contributed by atoms with Crippen molar-refractivity contribution in [2.24, 2.45) is 0 Å². The molecule has 7 heteroatoms. The Labute approximate surface area is 174 Å². The van der Waals surface area contributed by atoms with Crippen LogP contribution in [0.15, 0.2) is 83.4 Å². The average Bonchev–Trinajstić information content (AvgIpc) is 3.10. The van der Waals surface area contributed by atoms with Crippen molar-refractivity contribution < 1.29 is 17.6 Å². The molecule has 30 heavy (non-hydrogen) atoms. The van der Waals surface area contributed by atoms with Gasteiger partial charge >= 0.3 is 0 Å². The van der Waals surface area contributed by atoms with Crippen molar-refractivity contribution in [1.29, 1.82) is 0 Å². The van der Waals surface area contributed by atoms with E-state index in [0.29, 0.717) is 22.2 Å². The fraction of sp³-hybridized carbons (Fsp3) is 0.130. The third-order valence-electron chi connectivity index (χ3n) is 4.70. The number of fused-ring (bicyclic) bond motifs is 1. The molecule has 0 bridgehead atoms. The summed E-state index contributed by atoms with van der Waals surface area (Å²) in [5.41, 5.74) is 2.34. The highest BCUT2D eigenvalue weighted by atomic mass is 32.2. The molecule has 152 valence electrons. The minimum absolute atomic E-state index is 0.00140. The maximum absolute atomic E-state index is 13.3. The number of nitrogens with zero attached hydrogens (tertiary/aromatic N) is 1. The summed E-state index contributed by atoms with van der Waals surface area (Å²) in [7, 11) is -3.38. The number of pyridine rings is 1. The van der Waals surface area contributed by atoms with Crippen LogP contribution in [0.1, 0.15) is 33.4 Å². The molecule has 4 aromatic rings. The topological polar surface area (TPSA) is 89.3 Å². The van der Waals surface area contributed by atoms with Crippen LogP contribution in [0.25, 0.3) is 11.0 Å². The lowest BCUT2D eigenvalue weighted by Crippen LogP contribution is -2.30.